The highest BCUT2D eigenvalue weighted by Gasteiger charge is 2.25. The van der Waals surface area contributed by atoms with Gasteiger partial charge in [0.2, 0.25) is 15.3 Å². The molecular weight excluding hydrogens is 473 g/mol. The first-order valence-corrected chi connectivity index (χ1v) is 12.3. The molecule has 35 heavy (non-hydrogen) atoms. The van der Waals surface area contributed by atoms with Gasteiger partial charge in [-0.1, -0.05) is 12.1 Å². The Bertz CT molecular complexity index is 1550. The van der Waals surface area contributed by atoms with E-state index in [4.69, 9.17) is 14.2 Å². The van der Waals surface area contributed by atoms with Crippen LogP contribution < -0.4 is 19.6 Å². The second-order valence-corrected chi connectivity index (χ2v) is 9.63. The van der Waals surface area contributed by atoms with Crippen LogP contribution in [-0.2, 0) is 16.4 Å². The van der Waals surface area contributed by atoms with E-state index >= 15 is 0 Å². The van der Waals surface area contributed by atoms with E-state index in [1.165, 1.54) is 62.9 Å². The Morgan fingerprint density at radius 1 is 0.943 bits per heavy atom. The number of sulfone groups is 1. The lowest BCUT2D eigenvalue weighted by molar-refractivity contribution is 0.340. The van der Waals surface area contributed by atoms with Crippen molar-refractivity contribution in [2.24, 2.45) is 0 Å². The standard InChI is InChI=1S/C26H24FNO6S/c1-4-34-19-8-10-20(11-9-19)35(30,31)25-16-28(15-17-6-5-7-18(27)12-17)22-14-24(33-3)23(32-2)13-21(22)26(25)29/h5-14,16H,4,15H2,1-3H3. The van der Waals surface area contributed by atoms with Crippen molar-refractivity contribution in [3.8, 4) is 17.2 Å². The molecule has 0 saturated carbocycles. The van der Waals surface area contributed by atoms with Gasteiger partial charge in [-0.15, -0.1) is 0 Å². The maximum Gasteiger partial charge on any atom is 0.211 e. The van der Waals surface area contributed by atoms with E-state index in [0.29, 0.717) is 29.2 Å². The van der Waals surface area contributed by atoms with Crippen LogP contribution in [0.4, 0.5) is 4.39 Å². The van der Waals surface area contributed by atoms with Gasteiger partial charge in [0.1, 0.15) is 16.5 Å². The van der Waals surface area contributed by atoms with Crippen molar-refractivity contribution < 1.29 is 27.0 Å². The lowest BCUT2D eigenvalue weighted by atomic mass is 10.1. The maximum atomic E-state index is 13.8. The van der Waals surface area contributed by atoms with Crippen molar-refractivity contribution in [2.75, 3.05) is 20.8 Å². The first-order chi connectivity index (χ1) is 16.8. The van der Waals surface area contributed by atoms with Crippen molar-refractivity contribution in [3.05, 3.63) is 88.5 Å². The number of rotatable bonds is 8. The molecule has 0 spiro atoms. The average molecular weight is 498 g/mol. The van der Waals surface area contributed by atoms with Crippen LogP contribution in [0, 0.1) is 5.82 Å². The summed E-state index contributed by atoms with van der Waals surface area (Å²) in [4.78, 5) is 13.0. The summed E-state index contributed by atoms with van der Waals surface area (Å²) in [5.74, 6) is 0.749. The first kappa shape index (κ1) is 24.3. The molecule has 0 saturated heterocycles. The minimum absolute atomic E-state index is 0.0461. The van der Waals surface area contributed by atoms with Crippen LogP contribution in [0.25, 0.3) is 10.9 Å². The summed E-state index contributed by atoms with van der Waals surface area (Å²) < 4.78 is 58.6. The Hall–Kier alpha value is -3.85. The number of hydrogen-bond donors (Lipinski definition) is 0. The molecule has 9 heteroatoms. The second-order valence-electron chi connectivity index (χ2n) is 7.71. The van der Waals surface area contributed by atoms with Crippen LogP contribution in [0.3, 0.4) is 0 Å². The Kier molecular flexibility index (Phi) is 6.79. The van der Waals surface area contributed by atoms with E-state index < -0.39 is 26.0 Å². The van der Waals surface area contributed by atoms with Gasteiger partial charge in [0.25, 0.3) is 0 Å². The van der Waals surface area contributed by atoms with Gasteiger partial charge >= 0.3 is 0 Å². The third-order valence-corrected chi connectivity index (χ3v) is 7.29. The van der Waals surface area contributed by atoms with Crippen LogP contribution >= 0.6 is 0 Å². The number of aromatic nitrogens is 1. The third kappa shape index (κ3) is 4.72. The van der Waals surface area contributed by atoms with Gasteiger partial charge < -0.3 is 18.8 Å². The number of nitrogens with zero attached hydrogens (tertiary/aromatic N) is 1. The fourth-order valence-corrected chi connectivity index (χ4v) is 5.22. The lowest BCUT2D eigenvalue weighted by Gasteiger charge is -2.16. The molecule has 1 aromatic heterocycles. The largest absolute Gasteiger partial charge is 0.494 e. The smallest absolute Gasteiger partial charge is 0.211 e. The molecule has 0 radical (unpaired) electrons. The van der Waals surface area contributed by atoms with Gasteiger partial charge in [-0.2, -0.15) is 0 Å². The number of halogens is 1. The molecule has 0 aliphatic heterocycles. The zero-order valence-electron chi connectivity index (χ0n) is 19.4. The third-order valence-electron chi connectivity index (χ3n) is 5.53. The SMILES string of the molecule is CCOc1ccc(S(=O)(=O)c2cn(Cc3cccc(F)c3)c3cc(OC)c(OC)cc3c2=O)cc1. The molecule has 4 rings (SSSR count). The van der Waals surface area contributed by atoms with Crippen LogP contribution in [0.5, 0.6) is 17.2 Å². The monoisotopic (exact) mass is 497 g/mol. The quantitative estimate of drug-likeness (QED) is 0.358. The Morgan fingerprint density at radius 3 is 2.26 bits per heavy atom. The number of benzene rings is 3. The first-order valence-electron chi connectivity index (χ1n) is 10.8. The summed E-state index contributed by atoms with van der Waals surface area (Å²) in [6.45, 7) is 2.38. The van der Waals surface area contributed by atoms with Gasteiger partial charge in [0, 0.05) is 18.8 Å². The number of methoxy groups -OCH3 is 2. The molecule has 0 atom stereocenters. The number of hydrogen-bond acceptors (Lipinski definition) is 6. The normalized spacial score (nSPS) is 11.4. The Labute approximate surface area is 202 Å². The van der Waals surface area contributed by atoms with E-state index in [9.17, 15) is 17.6 Å². The van der Waals surface area contributed by atoms with Crippen LogP contribution in [0.2, 0.25) is 0 Å². The number of pyridine rings is 1. The molecule has 0 unspecified atom stereocenters. The van der Waals surface area contributed by atoms with E-state index in [1.54, 1.807) is 22.8 Å². The highest BCUT2D eigenvalue weighted by atomic mass is 32.2. The summed E-state index contributed by atoms with van der Waals surface area (Å²) in [6.07, 6.45) is 1.28. The summed E-state index contributed by atoms with van der Waals surface area (Å²) in [5, 5.41) is 0.131. The molecule has 0 fully saturated rings. The molecule has 1 heterocycles. The van der Waals surface area contributed by atoms with Crippen molar-refractivity contribution in [3.63, 3.8) is 0 Å². The summed E-state index contributed by atoms with van der Waals surface area (Å²) >= 11 is 0. The fourth-order valence-electron chi connectivity index (χ4n) is 3.85. The van der Waals surface area contributed by atoms with Gasteiger partial charge in [-0.3, -0.25) is 4.79 Å². The molecule has 0 amide bonds. The summed E-state index contributed by atoms with van der Waals surface area (Å²) in [5.41, 5.74) is 0.335. The van der Waals surface area contributed by atoms with Crippen LogP contribution in [0.15, 0.2) is 81.4 Å². The van der Waals surface area contributed by atoms with E-state index in [2.05, 4.69) is 0 Å². The summed E-state index contributed by atoms with van der Waals surface area (Å²) in [6, 6.07) is 14.9. The zero-order valence-corrected chi connectivity index (χ0v) is 20.3. The number of fused-ring (bicyclic) bond motifs is 1. The Morgan fingerprint density at radius 2 is 1.63 bits per heavy atom. The molecule has 182 valence electrons. The van der Waals surface area contributed by atoms with Crippen molar-refractivity contribution in [2.45, 2.75) is 23.3 Å². The highest BCUT2D eigenvalue weighted by Crippen LogP contribution is 2.32. The van der Waals surface area contributed by atoms with E-state index in [1.807, 2.05) is 6.92 Å². The molecule has 0 aliphatic rings. The van der Waals surface area contributed by atoms with Crippen molar-refractivity contribution in [1.29, 1.82) is 0 Å². The van der Waals surface area contributed by atoms with Crippen LogP contribution in [0.1, 0.15) is 12.5 Å². The molecule has 0 bridgehead atoms. The van der Waals surface area contributed by atoms with Gasteiger partial charge in [-0.25, -0.2) is 12.8 Å². The molecule has 0 N–H and O–H groups in total. The highest BCUT2D eigenvalue weighted by molar-refractivity contribution is 7.91. The van der Waals surface area contributed by atoms with Crippen molar-refractivity contribution >= 4 is 20.7 Å². The van der Waals surface area contributed by atoms with Gasteiger partial charge in [-0.05, 0) is 55.0 Å². The van der Waals surface area contributed by atoms with Crippen LogP contribution in [-0.4, -0.2) is 33.8 Å². The number of ether oxygens (including phenoxy) is 3. The minimum atomic E-state index is -4.19. The van der Waals surface area contributed by atoms with Crippen molar-refractivity contribution in [1.82, 2.24) is 4.57 Å². The predicted octanol–water partition coefficient (Wildman–Crippen LogP) is 4.44. The minimum Gasteiger partial charge on any atom is -0.494 e. The molecule has 0 aliphatic carbocycles. The topological polar surface area (TPSA) is 83.8 Å². The van der Waals surface area contributed by atoms with E-state index in [-0.39, 0.29) is 22.6 Å². The lowest BCUT2D eigenvalue weighted by Crippen LogP contribution is -2.20. The second kappa shape index (κ2) is 9.79. The predicted molar refractivity (Wildman–Crippen MR) is 130 cm³/mol. The molecule has 4 aromatic rings. The van der Waals surface area contributed by atoms with Gasteiger partial charge in [0.05, 0.1) is 36.6 Å². The molecule has 7 nitrogen and oxygen atoms in total. The van der Waals surface area contributed by atoms with Gasteiger partial charge in [0.15, 0.2) is 11.5 Å². The van der Waals surface area contributed by atoms with E-state index in [0.717, 1.165) is 0 Å². The molecular formula is C26H24FNO6S. The maximum absolute atomic E-state index is 13.8. The Balaban J connectivity index is 1.96. The zero-order chi connectivity index (χ0) is 25.2. The molecule has 3 aromatic carbocycles. The average Bonchev–Trinajstić information content (AvgIpc) is 2.85. The fraction of sp³-hybridized carbons (Fsp3) is 0.192. The summed E-state index contributed by atoms with van der Waals surface area (Å²) in [7, 11) is -1.30.